The number of aryl methyl sites for hydroxylation is 1. The zero-order chi connectivity index (χ0) is 15.1. The summed E-state index contributed by atoms with van der Waals surface area (Å²) in [7, 11) is 0. The molecule has 2 rings (SSSR count). The number of nitrogens with one attached hydrogen (secondary N) is 2. The number of carboxylic acids is 1. The predicted molar refractivity (Wildman–Crippen MR) is 78.3 cm³/mol. The van der Waals surface area contributed by atoms with E-state index in [1.807, 2.05) is 30.3 Å². The number of hydrogen-bond donors (Lipinski definition) is 3. The summed E-state index contributed by atoms with van der Waals surface area (Å²) in [6.07, 6.45) is 2.28. The minimum absolute atomic E-state index is 0.313. The summed E-state index contributed by atoms with van der Waals surface area (Å²) in [5.74, 6) is -1.07. The van der Waals surface area contributed by atoms with E-state index in [2.05, 4.69) is 20.2 Å². The van der Waals surface area contributed by atoms with Gasteiger partial charge in [0.2, 0.25) is 0 Å². The molecule has 8 heteroatoms. The molecule has 2 aromatic rings. The third kappa shape index (κ3) is 4.84. The van der Waals surface area contributed by atoms with Crippen LogP contribution in [0.2, 0.25) is 0 Å². The van der Waals surface area contributed by atoms with E-state index in [1.54, 1.807) is 0 Å². The number of anilines is 1. The van der Waals surface area contributed by atoms with E-state index in [-0.39, 0.29) is 0 Å². The molecule has 0 fully saturated rings. The zero-order valence-electron chi connectivity index (χ0n) is 11.0. The first-order valence-electron chi connectivity index (χ1n) is 6.27. The molecule has 1 aromatic carbocycles. The molecule has 2 amide bonds. The first kappa shape index (κ1) is 14.9. The molecule has 21 heavy (non-hydrogen) atoms. The molecule has 1 atom stereocenters. The van der Waals surface area contributed by atoms with Gasteiger partial charge in [-0.15, -0.1) is 5.10 Å². The molecule has 1 heterocycles. The number of urea groups is 1. The molecule has 0 bridgehead atoms. The first-order valence-corrected chi connectivity index (χ1v) is 7.04. The molecule has 110 valence electrons. The summed E-state index contributed by atoms with van der Waals surface area (Å²) in [6.45, 7) is 0. The summed E-state index contributed by atoms with van der Waals surface area (Å²) < 4.78 is 3.60. The van der Waals surface area contributed by atoms with E-state index >= 15 is 0 Å². The number of aliphatic carboxylic acids is 1. The van der Waals surface area contributed by atoms with Gasteiger partial charge in [-0.05, 0) is 18.4 Å². The van der Waals surface area contributed by atoms with Crippen LogP contribution in [0.15, 0.2) is 36.5 Å². The molecule has 0 saturated carbocycles. The van der Waals surface area contributed by atoms with Gasteiger partial charge in [-0.1, -0.05) is 34.8 Å². The van der Waals surface area contributed by atoms with Gasteiger partial charge >= 0.3 is 12.0 Å². The van der Waals surface area contributed by atoms with Gasteiger partial charge in [0.05, 0.1) is 6.20 Å². The lowest BCUT2D eigenvalue weighted by Crippen LogP contribution is -2.43. The highest BCUT2D eigenvalue weighted by molar-refractivity contribution is 7.10. The van der Waals surface area contributed by atoms with Crippen LogP contribution in [0.1, 0.15) is 12.0 Å². The molecule has 0 aliphatic heterocycles. The van der Waals surface area contributed by atoms with E-state index in [0.717, 1.165) is 17.1 Å². The van der Waals surface area contributed by atoms with Crippen molar-refractivity contribution in [3.05, 3.63) is 42.1 Å². The second kappa shape index (κ2) is 7.34. The second-order valence-corrected chi connectivity index (χ2v) is 5.08. The molecule has 0 spiro atoms. The zero-order valence-corrected chi connectivity index (χ0v) is 11.8. The van der Waals surface area contributed by atoms with Crippen molar-refractivity contribution in [1.82, 2.24) is 14.9 Å². The van der Waals surface area contributed by atoms with Crippen LogP contribution in [-0.4, -0.2) is 32.7 Å². The van der Waals surface area contributed by atoms with Crippen molar-refractivity contribution in [3.8, 4) is 0 Å². The van der Waals surface area contributed by atoms with Gasteiger partial charge in [0.15, 0.2) is 0 Å². The average Bonchev–Trinajstić information content (AvgIpc) is 2.97. The van der Waals surface area contributed by atoms with Crippen LogP contribution >= 0.6 is 11.5 Å². The normalized spacial score (nSPS) is 11.6. The van der Waals surface area contributed by atoms with Crippen molar-refractivity contribution < 1.29 is 14.7 Å². The van der Waals surface area contributed by atoms with E-state index < -0.39 is 18.0 Å². The van der Waals surface area contributed by atoms with E-state index in [0.29, 0.717) is 17.8 Å². The third-order valence-electron chi connectivity index (χ3n) is 2.77. The highest BCUT2D eigenvalue weighted by Crippen LogP contribution is 2.09. The molecule has 0 unspecified atom stereocenters. The highest BCUT2D eigenvalue weighted by atomic mass is 32.1. The Hall–Kier alpha value is -2.48. The number of aromatic nitrogens is 2. The Kier molecular flexibility index (Phi) is 5.22. The number of rotatable bonds is 6. The topological polar surface area (TPSA) is 104 Å². The lowest BCUT2D eigenvalue weighted by atomic mass is 10.1. The Morgan fingerprint density at radius 1 is 1.29 bits per heavy atom. The van der Waals surface area contributed by atoms with Crippen LogP contribution in [0.5, 0.6) is 0 Å². The summed E-state index contributed by atoms with van der Waals surface area (Å²) in [5.41, 5.74) is 1.03. The smallest absolute Gasteiger partial charge is 0.326 e. The molecule has 0 aliphatic rings. The molecule has 1 aromatic heterocycles. The minimum Gasteiger partial charge on any atom is -0.480 e. The van der Waals surface area contributed by atoms with Gasteiger partial charge in [0.1, 0.15) is 11.0 Å². The van der Waals surface area contributed by atoms with Gasteiger partial charge in [0, 0.05) is 11.5 Å². The van der Waals surface area contributed by atoms with Crippen molar-refractivity contribution in [1.29, 1.82) is 0 Å². The molecule has 0 aliphatic carbocycles. The van der Waals surface area contributed by atoms with Gasteiger partial charge in [0.25, 0.3) is 0 Å². The average molecular weight is 306 g/mol. The number of hydrogen-bond acceptors (Lipinski definition) is 5. The maximum Gasteiger partial charge on any atom is 0.326 e. The maximum absolute atomic E-state index is 11.7. The van der Waals surface area contributed by atoms with Crippen LogP contribution in [0.4, 0.5) is 9.80 Å². The molecule has 3 N–H and O–H groups in total. The number of carbonyl (C=O) groups excluding carboxylic acids is 1. The first-order chi connectivity index (χ1) is 10.1. The second-order valence-electron chi connectivity index (χ2n) is 4.30. The van der Waals surface area contributed by atoms with E-state index in [9.17, 15) is 9.59 Å². The number of amides is 2. The van der Waals surface area contributed by atoms with Crippen LogP contribution in [0.25, 0.3) is 0 Å². The fraction of sp³-hybridized carbons (Fsp3) is 0.231. The lowest BCUT2D eigenvalue weighted by Gasteiger charge is -2.14. The van der Waals surface area contributed by atoms with Crippen LogP contribution < -0.4 is 10.6 Å². The fourth-order valence-corrected chi connectivity index (χ4v) is 2.16. The van der Waals surface area contributed by atoms with E-state index in [4.69, 9.17) is 5.11 Å². The number of benzene rings is 1. The standard InChI is InChI=1S/C13H14N4O3S/c18-12(19)10(7-6-9-4-2-1-3-5-9)15-13(20)16-11-8-14-17-21-11/h1-5,8,10H,6-7H2,(H,18,19)(H2,15,16,20)/t10-/m0/s1. The Balaban J connectivity index is 1.87. The number of carboxylic acid groups (broad SMARTS) is 1. The molecule has 0 radical (unpaired) electrons. The number of nitrogens with zero attached hydrogens (tertiary/aromatic N) is 2. The van der Waals surface area contributed by atoms with Crippen LogP contribution in [0.3, 0.4) is 0 Å². The van der Waals surface area contributed by atoms with Gasteiger partial charge in [-0.2, -0.15) is 0 Å². The van der Waals surface area contributed by atoms with Crippen molar-refractivity contribution in [2.24, 2.45) is 0 Å². The van der Waals surface area contributed by atoms with Crippen LogP contribution in [0, 0.1) is 0 Å². The third-order valence-corrected chi connectivity index (χ3v) is 3.35. The van der Waals surface area contributed by atoms with Crippen molar-refractivity contribution in [3.63, 3.8) is 0 Å². The monoisotopic (exact) mass is 306 g/mol. The summed E-state index contributed by atoms with van der Waals surface area (Å²) >= 11 is 1.02. The van der Waals surface area contributed by atoms with Crippen molar-refractivity contribution in [2.45, 2.75) is 18.9 Å². The lowest BCUT2D eigenvalue weighted by molar-refractivity contribution is -0.139. The quantitative estimate of drug-likeness (QED) is 0.754. The number of carbonyl (C=O) groups is 2. The van der Waals surface area contributed by atoms with Gasteiger partial charge in [-0.3, -0.25) is 5.32 Å². The summed E-state index contributed by atoms with van der Waals surface area (Å²) in [4.78, 5) is 22.9. The maximum atomic E-state index is 11.7. The summed E-state index contributed by atoms with van der Waals surface area (Å²) in [5, 5.41) is 18.1. The molecule has 7 nitrogen and oxygen atoms in total. The van der Waals surface area contributed by atoms with Gasteiger partial charge < -0.3 is 10.4 Å². The Labute approximate surface area is 125 Å². The minimum atomic E-state index is -1.07. The fourth-order valence-electron chi connectivity index (χ4n) is 1.74. The Morgan fingerprint density at radius 2 is 2.05 bits per heavy atom. The molecular formula is C13H14N4O3S. The van der Waals surface area contributed by atoms with Gasteiger partial charge in [-0.25, -0.2) is 9.59 Å². The SMILES string of the molecule is O=C(Nc1cnns1)N[C@@H](CCc1ccccc1)C(=O)O. The van der Waals surface area contributed by atoms with Crippen molar-refractivity contribution >= 4 is 28.5 Å². The predicted octanol–water partition coefficient (Wildman–Crippen LogP) is 1.75. The Morgan fingerprint density at radius 3 is 2.67 bits per heavy atom. The molecular weight excluding hydrogens is 292 g/mol. The molecule has 0 saturated heterocycles. The van der Waals surface area contributed by atoms with Crippen LogP contribution in [-0.2, 0) is 11.2 Å². The summed E-state index contributed by atoms with van der Waals surface area (Å²) in [6, 6.07) is 7.98. The Bertz CT molecular complexity index is 589. The van der Waals surface area contributed by atoms with Crippen molar-refractivity contribution in [2.75, 3.05) is 5.32 Å². The van der Waals surface area contributed by atoms with E-state index in [1.165, 1.54) is 6.20 Å². The highest BCUT2D eigenvalue weighted by Gasteiger charge is 2.20. The largest absolute Gasteiger partial charge is 0.480 e.